The number of aliphatic hydroxyl groups excluding tert-OH is 1. The Hall–Kier alpha value is -1.94. The summed E-state index contributed by atoms with van der Waals surface area (Å²) in [7, 11) is -9.93. The van der Waals surface area contributed by atoms with Crippen LogP contribution in [-0.2, 0) is 65.4 Å². The highest BCUT2D eigenvalue weighted by atomic mass is 31.2. The van der Waals surface area contributed by atoms with Gasteiger partial charge in [0, 0.05) is 25.7 Å². The Labute approximate surface area is 664 Å². The van der Waals surface area contributed by atoms with Gasteiger partial charge in [-0.25, -0.2) is 9.13 Å². The summed E-state index contributed by atoms with van der Waals surface area (Å²) in [6, 6.07) is 0. The van der Waals surface area contributed by atoms with Crippen LogP contribution in [0, 0.1) is 11.8 Å². The van der Waals surface area contributed by atoms with Gasteiger partial charge in [0.25, 0.3) is 0 Å². The van der Waals surface area contributed by atoms with E-state index < -0.39 is 97.5 Å². The maximum atomic E-state index is 13.2. The van der Waals surface area contributed by atoms with Gasteiger partial charge in [-0.3, -0.25) is 37.3 Å². The molecule has 0 spiro atoms. The molecule has 642 valence electrons. The molecule has 0 aliphatic heterocycles. The maximum absolute atomic E-state index is 13.2. The molecule has 3 N–H and O–H groups in total. The number of aliphatic hydroxyl groups is 1. The normalized spacial score (nSPS) is 13.8. The summed E-state index contributed by atoms with van der Waals surface area (Å²) >= 11 is 0. The summed E-state index contributed by atoms with van der Waals surface area (Å²) < 4.78 is 69.0. The van der Waals surface area contributed by atoms with Crippen LogP contribution in [0.25, 0.3) is 0 Å². The fourth-order valence-electron chi connectivity index (χ4n) is 14.0. The van der Waals surface area contributed by atoms with Crippen molar-refractivity contribution in [1.29, 1.82) is 0 Å². The second kappa shape index (κ2) is 80.3. The maximum Gasteiger partial charge on any atom is 0.472 e. The number of ether oxygens (including phenoxy) is 4. The second-order valence-corrected chi connectivity index (χ2v) is 35.8. The molecule has 2 unspecified atom stereocenters. The molecule has 0 saturated carbocycles. The van der Waals surface area contributed by atoms with Crippen LogP contribution < -0.4 is 0 Å². The number of hydrogen-bond donors (Lipinski definition) is 3. The molecule has 0 radical (unpaired) electrons. The molecule has 5 atom stereocenters. The van der Waals surface area contributed by atoms with Crippen LogP contribution in [0.4, 0.5) is 0 Å². The standard InChI is InChI=1S/C89H174O17P2/c1-7-9-11-13-15-17-19-21-22-23-24-25-26-27-30-37-43-49-55-61-67-73-88(93)106-85(78-100-87(92)72-66-60-54-48-42-36-31-28-29-34-39-45-51-57-63-69-81(3)4)80-104-108(97,98)102-76-83(90)75-101-107(95,96)103-79-84(77-99-86(91)71-65-59-53-47-41-20-18-16-14-12-10-8-2)105-89(94)74-68-62-56-50-44-38-33-32-35-40-46-52-58-64-70-82(5)6/h81-85,90H,7-80H2,1-6H3,(H,95,96)(H,97,98)/t83-,84+,85+/m0/s1. The lowest BCUT2D eigenvalue weighted by Gasteiger charge is -2.21. The van der Waals surface area contributed by atoms with Gasteiger partial charge in [0.15, 0.2) is 12.2 Å². The minimum atomic E-state index is -4.97. The zero-order valence-electron chi connectivity index (χ0n) is 71.2. The molecule has 0 heterocycles. The van der Waals surface area contributed by atoms with Gasteiger partial charge in [-0.05, 0) is 37.5 Å². The molecule has 0 aromatic carbocycles. The van der Waals surface area contributed by atoms with Gasteiger partial charge in [-0.1, -0.05) is 427 Å². The van der Waals surface area contributed by atoms with Crippen molar-refractivity contribution in [3.63, 3.8) is 0 Å². The number of esters is 4. The van der Waals surface area contributed by atoms with Gasteiger partial charge >= 0.3 is 39.5 Å². The van der Waals surface area contributed by atoms with Crippen LogP contribution in [0.3, 0.4) is 0 Å². The highest BCUT2D eigenvalue weighted by Crippen LogP contribution is 2.45. The lowest BCUT2D eigenvalue weighted by atomic mass is 10.0. The Morgan fingerprint density at radius 1 is 0.250 bits per heavy atom. The molecule has 0 rings (SSSR count). The van der Waals surface area contributed by atoms with Crippen LogP contribution in [-0.4, -0.2) is 96.7 Å². The summed E-state index contributed by atoms with van der Waals surface area (Å²) in [4.78, 5) is 73.4. The SMILES string of the molecule is CCCCCCCCCCCCCCCCCCCCCCCC(=O)O[C@H](COC(=O)CCCCCCCCCCCCCCCCCC(C)C)COP(=O)(O)OC[C@@H](O)COP(=O)(O)OC[C@@H](COC(=O)CCCCCCCCCCCCCC)OC(=O)CCCCCCCCCCCCCCCCC(C)C. The highest BCUT2D eigenvalue weighted by Gasteiger charge is 2.31. The van der Waals surface area contributed by atoms with Gasteiger partial charge in [-0.15, -0.1) is 0 Å². The van der Waals surface area contributed by atoms with Crippen molar-refractivity contribution in [2.45, 2.75) is 496 Å². The first-order chi connectivity index (χ1) is 52.4. The van der Waals surface area contributed by atoms with Crippen molar-refractivity contribution in [1.82, 2.24) is 0 Å². The van der Waals surface area contributed by atoms with Crippen molar-refractivity contribution in [3.05, 3.63) is 0 Å². The van der Waals surface area contributed by atoms with E-state index in [0.717, 1.165) is 102 Å². The molecule has 0 saturated heterocycles. The zero-order chi connectivity index (χ0) is 79.2. The molecule has 0 bridgehead atoms. The van der Waals surface area contributed by atoms with Crippen LogP contribution in [0.2, 0.25) is 0 Å². The molecule has 108 heavy (non-hydrogen) atoms. The molecule has 19 heteroatoms. The molecule has 0 aliphatic rings. The number of hydrogen-bond acceptors (Lipinski definition) is 15. The average Bonchev–Trinajstić information content (AvgIpc) is 1.11. The number of phosphoric ester groups is 2. The Kier molecular flexibility index (Phi) is 78.8. The van der Waals surface area contributed by atoms with E-state index in [4.69, 9.17) is 37.0 Å². The summed E-state index contributed by atoms with van der Waals surface area (Å²) in [6.45, 7) is 9.74. The van der Waals surface area contributed by atoms with E-state index in [0.29, 0.717) is 25.7 Å². The average molecular weight is 1580 g/mol. The number of carbonyl (C=O) groups excluding carboxylic acids is 4. The molecule has 0 aromatic rings. The molecular formula is C89H174O17P2. The quantitative estimate of drug-likeness (QED) is 0.0222. The van der Waals surface area contributed by atoms with Crippen molar-refractivity contribution in [2.75, 3.05) is 39.6 Å². The third-order valence-electron chi connectivity index (χ3n) is 21.0. The van der Waals surface area contributed by atoms with Crippen LogP contribution in [0.5, 0.6) is 0 Å². The van der Waals surface area contributed by atoms with E-state index in [1.807, 2.05) is 0 Å². The second-order valence-electron chi connectivity index (χ2n) is 32.9. The Bertz CT molecular complexity index is 2060. The largest absolute Gasteiger partial charge is 0.472 e. The van der Waals surface area contributed by atoms with Crippen molar-refractivity contribution in [2.24, 2.45) is 11.8 Å². The lowest BCUT2D eigenvalue weighted by Crippen LogP contribution is -2.30. The summed E-state index contributed by atoms with van der Waals surface area (Å²) in [5.41, 5.74) is 0. The van der Waals surface area contributed by atoms with E-state index in [2.05, 4.69) is 41.5 Å². The third-order valence-corrected chi connectivity index (χ3v) is 22.9. The molecule has 0 fully saturated rings. The highest BCUT2D eigenvalue weighted by molar-refractivity contribution is 7.47. The van der Waals surface area contributed by atoms with Crippen LogP contribution in [0.1, 0.15) is 478 Å². The first-order valence-corrected chi connectivity index (χ1v) is 49.0. The van der Waals surface area contributed by atoms with E-state index in [1.54, 1.807) is 0 Å². The zero-order valence-corrected chi connectivity index (χ0v) is 73.0. The number of rotatable bonds is 88. The first-order valence-electron chi connectivity index (χ1n) is 46.0. The van der Waals surface area contributed by atoms with E-state index in [1.165, 1.54) is 295 Å². The topological polar surface area (TPSA) is 237 Å². The van der Waals surface area contributed by atoms with Crippen LogP contribution in [0.15, 0.2) is 0 Å². The predicted octanol–water partition coefficient (Wildman–Crippen LogP) is 27.4. The minimum absolute atomic E-state index is 0.108. The van der Waals surface area contributed by atoms with E-state index >= 15 is 0 Å². The van der Waals surface area contributed by atoms with Gasteiger partial charge in [0.1, 0.15) is 19.3 Å². The number of carbonyl (C=O) groups is 4. The summed E-state index contributed by atoms with van der Waals surface area (Å²) in [5.74, 6) is -0.495. The Morgan fingerprint density at radius 3 is 0.630 bits per heavy atom. The summed E-state index contributed by atoms with van der Waals surface area (Å²) in [5, 5.41) is 10.7. The van der Waals surface area contributed by atoms with Gasteiger partial charge in [0.2, 0.25) is 0 Å². The Morgan fingerprint density at radius 2 is 0.426 bits per heavy atom. The monoisotopic (exact) mass is 1580 g/mol. The number of phosphoric acid groups is 2. The third kappa shape index (κ3) is 82.1. The Balaban J connectivity index is 5.25. The fraction of sp³-hybridized carbons (Fsp3) is 0.955. The molecular weight excluding hydrogens is 1400 g/mol. The first kappa shape index (κ1) is 106. The molecule has 0 amide bonds. The fourth-order valence-corrected chi connectivity index (χ4v) is 15.5. The smallest absolute Gasteiger partial charge is 0.462 e. The van der Waals surface area contributed by atoms with Gasteiger partial charge in [0.05, 0.1) is 26.4 Å². The van der Waals surface area contributed by atoms with Crippen molar-refractivity contribution >= 4 is 39.5 Å². The lowest BCUT2D eigenvalue weighted by molar-refractivity contribution is -0.161. The van der Waals surface area contributed by atoms with Crippen molar-refractivity contribution in [3.8, 4) is 0 Å². The molecule has 17 nitrogen and oxygen atoms in total. The minimum Gasteiger partial charge on any atom is -0.462 e. The van der Waals surface area contributed by atoms with Gasteiger partial charge < -0.3 is 33.8 Å². The predicted molar refractivity (Wildman–Crippen MR) is 446 cm³/mol. The van der Waals surface area contributed by atoms with Crippen molar-refractivity contribution < 1.29 is 80.2 Å². The van der Waals surface area contributed by atoms with E-state index in [-0.39, 0.29) is 25.7 Å². The number of unbranched alkanes of at least 4 members (excludes halogenated alkanes) is 58. The van der Waals surface area contributed by atoms with E-state index in [9.17, 15) is 43.2 Å². The molecule has 0 aliphatic carbocycles. The van der Waals surface area contributed by atoms with Crippen LogP contribution >= 0.6 is 15.6 Å². The summed E-state index contributed by atoms with van der Waals surface area (Å²) in [6.07, 6.45) is 73.6. The molecule has 0 aromatic heterocycles. The van der Waals surface area contributed by atoms with Gasteiger partial charge in [-0.2, -0.15) is 0 Å².